The number of carbonyl (C=O) groups is 2. The van der Waals surface area contributed by atoms with Crippen LogP contribution < -0.4 is 0 Å². The van der Waals surface area contributed by atoms with Crippen LogP contribution in [0.1, 0.15) is 43.3 Å². The van der Waals surface area contributed by atoms with Crippen LogP contribution in [0.5, 0.6) is 0 Å². The molecule has 1 atom stereocenters. The molecule has 2 aromatic heterocycles. The Balaban J connectivity index is 1.79. The lowest BCUT2D eigenvalue weighted by Gasteiger charge is -2.42. The zero-order valence-corrected chi connectivity index (χ0v) is 16.2. The van der Waals surface area contributed by atoms with Crippen molar-refractivity contribution >= 4 is 11.8 Å². The molecular formula is C20H27N5O2. The standard InChI is InChI=1S/C20H27N5O2/c1-14(2)9-19(26)24-7-8-25(18(12-24)16-5-4-6-21-11-16)20(27)10-17-15(3)22-13-23-17/h4-6,11,13-14,18H,7-10,12H2,1-3H3,(H,22,23). The fourth-order valence-electron chi connectivity index (χ4n) is 3.45. The fraction of sp³-hybridized carbons (Fsp3) is 0.500. The molecule has 1 unspecified atom stereocenters. The van der Waals surface area contributed by atoms with Crippen molar-refractivity contribution in [2.45, 2.75) is 39.7 Å². The molecule has 1 aliphatic heterocycles. The summed E-state index contributed by atoms with van der Waals surface area (Å²) in [6.07, 6.45) is 5.89. The van der Waals surface area contributed by atoms with Gasteiger partial charge < -0.3 is 14.8 Å². The van der Waals surface area contributed by atoms with E-state index >= 15 is 0 Å². The molecule has 0 aromatic carbocycles. The lowest BCUT2D eigenvalue weighted by atomic mass is 10.0. The molecule has 2 aromatic rings. The number of rotatable bonds is 5. The minimum Gasteiger partial charge on any atom is -0.348 e. The Bertz CT molecular complexity index is 787. The Morgan fingerprint density at radius 3 is 2.74 bits per heavy atom. The average Bonchev–Trinajstić information content (AvgIpc) is 3.06. The first kappa shape index (κ1) is 19.1. The van der Waals surface area contributed by atoms with Gasteiger partial charge >= 0.3 is 0 Å². The minimum atomic E-state index is -0.185. The Labute approximate surface area is 159 Å². The summed E-state index contributed by atoms with van der Waals surface area (Å²) in [6, 6.07) is 3.65. The van der Waals surface area contributed by atoms with Crippen LogP contribution in [-0.2, 0) is 16.0 Å². The Morgan fingerprint density at radius 1 is 1.30 bits per heavy atom. The molecule has 0 spiro atoms. The summed E-state index contributed by atoms with van der Waals surface area (Å²) in [6.45, 7) is 7.59. The lowest BCUT2D eigenvalue weighted by Crippen LogP contribution is -2.52. The highest BCUT2D eigenvalue weighted by molar-refractivity contribution is 5.80. The van der Waals surface area contributed by atoms with Crippen molar-refractivity contribution in [3.05, 3.63) is 47.8 Å². The third-order valence-corrected chi connectivity index (χ3v) is 4.96. The molecule has 0 saturated carbocycles. The van der Waals surface area contributed by atoms with Gasteiger partial charge in [-0.3, -0.25) is 14.6 Å². The van der Waals surface area contributed by atoms with Gasteiger partial charge in [-0.1, -0.05) is 19.9 Å². The number of piperazine rings is 1. The summed E-state index contributed by atoms with van der Waals surface area (Å²) in [7, 11) is 0. The second-order valence-corrected chi connectivity index (χ2v) is 7.48. The highest BCUT2D eigenvalue weighted by Gasteiger charge is 2.33. The molecule has 27 heavy (non-hydrogen) atoms. The number of aryl methyl sites for hydroxylation is 1. The van der Waals surface area contributed by atoms with E-state index in [1.165, 1.54) is 0 Å². The zero-order chi connectivity index (χ0) is 19.4. The quantitative estimate of drug-likeness (QED) is 0.875. The second kappa shape index (κ2) is 8.33. The number of H-pyrrole nitrogens is 1. The summed E-state index contributed by atoms with van der Waals surface area (Å²) in [4.78, 5) is 40.8. The van der Waals surface area contributed by atoms with Crippen LogP contribution in [0.15, 0.2) is 30.9 Å². The van der Waals surface area contributed by atoms with Gasteiger partial charge in [-0.2, -0.15) is 0 Å². The first-order valence-electron chi connectivity index (χ1n) is 9.41. The molecule has 0 bridgehead atoms. The van der Waals surface area contributed by atoms with Gasteiger partial charge in [0, 0.05) is 44.1 Å². The monoisotopic (exact) mass is 369 g/mol. The molecule has 3 rings (SSSR count). The molecule has 7 nitrogen and oxygen atoms in total. The van der Waals surface area contributed by atoms with Crippen molar-refractivity contribution < 1.29 is 9.59 Å². The van der Waals surface area contributed by atoms with Crippen molar-refractivity contribution in [3.63, 3.8) is 0 Å². The molecular weight excluding hydrogens is 342 g/mol. The number of aromatic amines is 1. The Morgan fingerprint density at radius 2 is 2.11 bits per heavy atom. The van der Waals surface area contributed by atoms with Crippen molar-refractivity contribution in [2.75, 3.05) is 19.6 Å². The third kappa shape index (κ3) is 4.53. The molecule has 3 heterocycles. The minimum absolute atomic E-state index is 0.0232. The first-order chi connectivity index (χ1) is 13.0. The topological polar surface area (TPSA) is 82.2 Å². The van der Waals surface area contributed by atoms with E-state index in [-0.39, 0.29) is 24.3 Å². The SMILES string of the molecule is Cc1[nH]cnc1CC(=O)N1CCN(C(=O)CC(C)C)CC1c1cccnc1. The number of hydrogen-bond acceptors (Lipinski definition) is 4. The molecule has 1 N–H and O–H groups in total. The number of nitrogens with one attached hydrogen (secondary N) is 1. The number of aromatic nitrogens is 3. The fourth-order valence-corrected chi connectivity index (χ4v) is 3.45. The van der Waals surface area contributed by atoms with Gasteiger partial charge in [-0.15, -0.1) is 0 Å². The molecule has 1 saturated heterocycles. The summed E-state index contributed by atoms with van der Waals surface area (Å²) in [5.74, 6) is 0.487. The van der Waals surface area contributed by atoms with Crippen LogP contribution >= 0.6 is 0 Å². The predicted molar refractivity (Wildman–Crippen MR) is 102 cm³/mol. The number of pyridine rings is 1. The summed E-state index contributed by atoms with van der Waals surface area (Å²) in [5, 5.41) is 0. The smallest absolute Gasteiger partial charge is 0.229 e. The number of hydrogen-bond donors (Lipinski definition) is 1. The Hall–Kier alpha value is -2.70. The predicted octanol–water partition coefficient (Wildman–Crippen LogP) is 2.11. The van der Waals surface area contributed by atoms with Gasteiger partial charge in [-0.25, -0.2) is 4.98 Å². The van der Waals surface area contributed by atoms with E-state index in [2.05, 4.69) is 15.0 Å². The second-order valence-electron chi connectivity index (χ2n) is 7.48. The highest BCUT2D eigenvalue weighted by Crippen LogP contribution is 2.26. The molecule has 0 aliphatic carbocycles. The number of carbonyl (C=O) groups excluding carboxylic acids is 2. The zero-order valence-electron chi connectivity index (χ0n) is 16.2. The van der Waals surface area contributed by atoms with Crippen molar-refractivity contribution in [3.8, 4) is 0 Å². The van der Waals surface area contributed by atoms with E-state index < -0.39 is 0 Å². The number of nitrogens with zero attached hydrogens (tertiary/aromatic N) is 4. The molecule has 0 radical (unpaired) electrons. The maximum Gasteiger partial charge on any atom is 0.229 e. The van der Waals surface area contributed by atoms with Crippen LogP contribution in [0, 0.1) is 12.8 Å². The van der Waals surface area contributed by atoms with Gasteiger partial charge in [0.25, 0.3) is 0 Å². The number of imidazole rings is 1. The van der Waals surface area contributed by atoms with Gasteiger partial charge in [0.1, 0.15) is 0 Å². The van der Waals surface area contributed by atoms with Crippen LogP contribution in [0.4, 0.5) is 0 Å². The van der Waals surface area contributed by atoms with Gasteiger partial charge in [0.15, 0.2) is 0 Å². The van der Waals surface area contributed by atoms with Crippen LogP contribution in [0.25, 0.3) is 0 Å². The van der Waals surface area contributed by atoms with Crippen LogP contribution in [0.3, 0.4) is 0 Å². The van der Waals surface area contributed by atoms with Gasteiger partial charge in [0.2, 0.25) is 11.8 Å². The van der Waals surface area contributed by atoms with E-state index in [0.717, 1.165) is 17.0 Å². The van der Waals surface area contributed by atoms with Crippen LogP contribution in [-0.4, -0.2) is 56.2 Å². The number of amides is 2. The maximum absolute atomic E-state index is 13.0. The largest absolute Gasteiger partial charge is 0.348 e. The normalized spacial score (nSPS) is 17.4. The van der Waals surface area contributed by atoms with E-state index in [9.17, 15) is 9.59 Å². The highest BCUT2D eigenvalue weighted by atomic mass is 16.2. The Kier molecular flexibility index (Phi) is 5.88. The third-order valence-electron chi connectivity index (χ3n) is 4.96. The summed E-state index contributed by atoms with van der Waals surface area (Å²) in [5.41, 5.74) is 2.63. The summed E-state index contributed by atoms with van der Waals surface area (Å²) >= 11 is 0. The maximum atomic E-state index is 13.0. The van der Waals surface area contributed by atoms with Gasteiger partial charge in [0.05, 0.1) is 24.5 Å². The van der Waals surface area contributed by atoms with Crippen molar-refractivity contribution in [1.29, 1.82) is 0 Å². The first-order valence-corrected chi connectivity index (χ1v) is 9.41. The molecule has 1 aliphatic rings. The lowest BCUT2D eigenvalue weighted by molar-refractivity contribution is -0.143. The van der Waals surface area contributed by atoms with E-state index in [1.807, 2.05) is 42.7 Å². The van der Waals surface area contributed by atoms with Crippen LogP contribution in [0.2, 0.25) is 0 Å². The molecule has 2 amide bonds. The van der Waals surface area contributed by atoms with Crippen molar-refractivity contribution in [1.82, 2.24) is 24.8 Å². The van der Waals surface area contributed by atoms with E-state index in [0.29, 0.717) is 32.0 Å². The summed E-state index contributed by atoms with van der Waals surface area (Å²) < 4.78 is 0. The van der Waals surface area contributed by atoms with Crippen molar-refractivity contribution in [2.24, 2.45) is 5.92 Å². The van der Waals surface area contributed by atoms with E-state index in [1.54, 1.807) is 18.7 Å². The molecule has 1 fully saturated rings. The van der Waals surface area contributed by atoms with Gasteiger partial charge in [-0.05, 0) is 24.5 Å². The average molecular weight is 369 g/mol. The van der Waals surface area contributed by atoms with E-state index in [4.69, 9.17) is 0 Å². The molecule has 144 valence electrons. The molecule has 7 heteroatoms.